The summed E-state index contributed by atoms with van der Waals surface area (Å²) in [5.74, 6) is 0.665. The van der Waals surface area contributed by atoms with Crippen LogP contribution in [0, 0.1) is 5.92 Å². The highest BCUT2D eigenvalue weighted by Crippen LogP contribution is 2.29. The molecule has 0 saturated heterocycles. The molecule has 22 heavy (non-hydrogen) atoms. The molecule has 1 atom stereocenters. The van der Waals surface area contributed by atoms with E-state index in [0.717, 1.165) is 20.9 Å². The van der Waals surface area contributed by atoms with Crippen molar-refractivity contribution in [2.45, 2.75) is 33.1 Å². The topological polar surface area (TPSA) is 74.2 Å². The predicted molar refractivity (Wildman–Crippen MR) is 91.6 cm³/mol. The van der Waals surface area contributed by atoms with Crippen LogP contribution in [0.15, 0.2) is 18.2 Å². The molecule has 2 rings (SSSR count). The molecule has 0 aliphatic rings. The number of hydrogen-bond acceptors (Lipinski definition) is 4. The average molecular weight is 321 g/mol. The van der Waals surface area contributed by atoms with Gasteiger partial charge < -0.3 is 15.7 Å². The number of anilines is 1. The van der Waals surface area contributed by atoms with Crippen molar-refractivity contribution in [2.24, 2.45) is 5.92 Å². The van der Waals surface area contributed by atoms with E-state index in [0.29, 0.717) is 18.9 Å². The van der Waals surface area contributed by atoms with Crippen LogP contribution in [0.5, 0.6) is 0 Å². The SMILES string of the molecule is CC(CCO)CNC(=O)Nc1ccc2nc(C(C)C)sc2c1. The zero-order chi connectivity index (χ0) is 16.1. The number of benzene rings is 1. The molecular formula is C16H23N3O2S. The number of nitrogens with zero attached hydrogens (tertiary/aromatic N) is 1. The summed E-state index contributed by atoms with van der Waals surface area (Å²) in [4.78, 5) is 16.5. The summed E-state index contributed by atoms with van der Waals surface area (Å²) in [5, 5.41) is 15.6. The molecule has 0 aliphatic heterocycles. The van der Waals surface area contributed by atoms with Gasteiger partial charge in [-0.05, 0) is 30.5 Å². The van der Waals surface area contributed by atoms with Gasteiger partial charge in [0.2, 0.25) is 0 Å². The van der Waals surface area contributed by atoms with Gasteiger partial charge in [-0.1, -0.05) is 20.8 Å². The molecule has 0 fully saturated rings. The minimum Gasteiger partial charge on any atom is -0.396 e. The van der Waals surface area contributed by atoms with Gasteiger partial charge in [-0.15, -0.1) is 11.3 Å². The van der Waals surface area contributed by atoms with Gasteiger partial charge in [0.1, 0.15) is 0 Å². The van der Waals surface area contributed by atoms with Gasteiger partial charge in [0.05, 0.1) is 15.2 Å². The number of thiazole rings is 1. The first-order chi connectivity index (χ1) is 10.5. The highest BCUT2D eigenvalue weighted by molar-refractivity contribution is 7.18. The number of aliphatic hydroxyl groups is 1. The number of nitrogens with one attached hydrogen (secondary N) is 2. The maximum absolute atomic E-state index is 11.9. The van der Waals surface area contributed by atoms with Crippen LogP contribution in [0.25, 0.3) is 10.2 Å². The molecule has 6 heteroatoms. The maximum Gasteiger partial charge on any atom is 0.319 e. The minimum absolute atomic E-state index is 0.144. The molecule has 3 N–H and O–H groups in total. The Hall–Kier alpha value is -1.66. The predicted octanol–water partition coefficient (Wildman–Crippen LogP) is 3.56. The molecule has 1 aromatic heterocycles. The highest BCUT2D eigenvalue weighted by Gasteiger charge is 2.09. The Balaban J connectivity index is 1.97. The molecule has 0 aliphatic carbocycles. The Kier molecular flexibility index (Phi) is 5.74. The van der Waals surface area contributed by atoms with Crippen molar-refractivity contribution in [2.75, 3.05) is 18.5 Å². The average Bonchev–Trinajstić information content (AvgIpc) is 2.89. The highest BCUT2D eigenvalue weighted by atomic mass is 32.1. The van der Waals surface area contributed by atoms with Crippen LogP contribution in [-0.4, -0.2) is 29.3 Å². The van der Waals surface area contributed by atoms with E-state index < -0.39 is 0 Å². The minimum atomic E-state index is -0.224. The van der Waals surface area contributed by atoms with Crippen LogP contribution >= 0.6 is 11.3 Å². The second-order valence-electron chi connectivity index (χ2n) is 5.84. The molecule has 0 bridgehead atoms. The number of amides is 2. The zero-order valence-corrected chi connectivity index (χ0v) is 14.0. The number of aromatic nitrogens is 1. The molecule has 1 aromatic carbocycles. The monoisotopic (exact) mass is 321 g/mol. The quantitative estimate of drug-likeness (QED) is 0.761. The first-order valence-electron chi connectivity index (χ1n) is 7.55. The van der Waals surface area contributed by atoms with Crippen LogP contribution in [0.4, 0.5) is 10.5 Å². The van der Waals surface area contributed by atoms with Crippen molar-refractivity contribution < 1.29 is 9.90 Å². The number of fused-ring (bicyclic) bond motifs is 1. The molecule has 2 amide bonds. The van der Waals surface area contributed by atoms with Gasteiger partial charge in [0, 0.05) is 24.8 Å². The summed E-state index contributed by atoms with van der Waals surface area (Å²) in [6, 6.07) is 5.53. The first kappa shape index (κ1) is 16.7. The molecule has 1 heterocycles. The molecule has 0 saturated carbocycles. The molecule has 0 radical (unpaired) electrons. The fraction of sp³-hybridized carbons (Fsp3) is 0.500. The van der Waals surface area contributed by atoms with Gasteiger partial charge in [0.15, 0.2) is 0 Å². The lowest BCUT2D eigenvalue weighted by atomic mass is 10.1. The van der Waals surface area contributed by atoms with Crippen molar-refractivity contribution in [3.05, 3.63) is 23.2 Å². The van der Waals surface area contributed by atoms with Crippen LogP contribution < -0.4 is 10.6 Å². The summed E-state index contributed by atoms with van der Waals surface area (Å²) in [7, 11) is 0. The lowest BCUT2D eigenvalue weighted by molar-refractivity contribution is 0.243. The summed E-state index contributed by atoms with van der Waals surface area (Å²) in [5.41, 5.74) is 1.73. The molecule has 2 aromatic rings. The Labute approximate surface area is 134 Å². The van der Waals surface area contributed by atoms with E-state index in [4.69, 9.17) is 5.11 Å². The lowest BCUT2D eigenvalue weighted by Crippen LogP contribution is -2.32. The second-order valence-corrected chi connectivity index (χ2v) is 6.90. The van der Waals surface area contributed by atoms with Crippen molar-refractivity contribution >= 4 is 33.3 Å². The van der Waals surface area contributed by atoms with Crippen molar-refractivity contribution in [3.63, 3.8) is 0 Å². The number of aliphatic hydroxyl groups excluding tert-OH is 1. The Morgan fingerprint density at radius 3 is 2.82 bits per heavy atom. The standard InChI is InChI=1S/C16H23N3O2S/c1-10(2)15-19-13-5-4-12(8-14(13)22-15)18-16(21)17-9-11(3)6-7-20/h4-5,8,10-11,20H,6-7,9H2,1-3H3,(H2,17,18,21). The van der Waals surface area contributed by atoms with Crippen LogP contribution in [0.3, 0.4) is 0 Å². The maximum atomic E-state index is 11.9. The number of carbonyl (C=O) groups is 1. The van der Waals surface area contributed by atoms with Gasteiger partial charge in [-0.2, -0.15) is 0 Å². The van der Waals surface area contributed by atoms with Gasteiger partial charge in [-0.25, -0.2) is 9.78 Å². The Morgan fingerprint density at radius 2 is 2.14 bits per heavy atom. The van der Waals surface area contributed by atoms with E-state index in [1.165, 1.54) is 0 Å². The number of carbonyl (C=O) groups excluding carboxylic acids is 1. The Morgan fingerprint density at radius 1 is 1.36 bits per heavy atom. The van der Waals surface area contributed by atoms with E-state index >= 15 is 0 Å². The van der Waals surface area contributed by atoms with E-state index in [1.807, 2.05) is 25.1 Å². The largest absolute Gasteiger partial charge is 0.396 e. The van der Waals surface area contributed by atoms with Crippen molar-refractivity contribution in [3.8, 4) is 0 Å². The van der Waals surface area contributed by atoms with Crippen LogP contribution in [-0.2, 0) is 0 Å². The normalized spacial score (nSPS) is 12.6. The summed E-state index contributed by atoms with van der Waals surface area (Å²) >= 11 is 1.66. The van der Waals surface area contributed by atoms with Crippen molar-refractivity contribution in [1.82, 2.24) is 10.3 Å². The fourth-order valence-corrected chi connectivity index (χ4v) is 3.04. The second kappa shape index (κ2) is 7.56. The summed E-state index contributed by atoms with van der Waals surface area (Å²) < 4.78 is 1.08. The number of rotatable bonds is 6. The van der Waals surface area contributed by atoms with E-state index in [-0.39, 0.29) is 18.6 Å². The summed E-state index contributed by atoms with van der Waals surface area (Å²) in [6.45, 7) is 6.93. The number of urea groups is 1. The van der Waals surface area contributed by atoms with Gasteiger partial charge in [0.25, 0.3) is 0 Å². The Bertz CT molecular complexity index is 639. The lowest BCUT2D eigenvalue weighted by Gasteiger charge is -2.12. The van der Waals surface area contributed by atoms with Gasteiger partial charge in [-0.3, -0.25) is 0 Å². The molecule has 5 nitrogen and oxygen atoms in total. The molecule has 120 valence electrons. The first-order valence-corrected chi connectivity index (χ1v) is 8.37. The summed E-state index contributed by atoms with van der Waals surface area (Å²) in [6.07, 6.45) is 0.686. The molecule has 1 unspecified atom stereocenters. The van der Waals surface area contributed by atoms with Crippen LogP contribution in [0.2, 0.25) is 0 Å². The van der Waals surface area contributed by atoms with Crippen LogP contribution in [0.1, 0.15) is 38.1 Å². The zero-order valence-electron chi connectivity index (χ0n) is 13.2. The third-order valence-corrected chi connectivity index (χ3v) is 4.71. The van der Waals surface area contributed by atoms with E-state index in [2.05, 4.69) is 29.5 Å². The van der Waals surface area contributed by atoms with E-state index in [1.54, 1.807) is 11.3 Å². The number of hydrogen-bond donors (Lipinski definition) is 3. The molecular weight excluding hydrogens is 298 g/mol. The smallest absolute Gasteiger partial charge is 0.319 e. The van der Waals surface area contributed by atoms with E-state index in [9.17, 15) is 4.79 Å². The third kappa shape index (κ3) is 4.42. The van der Waals surface area contributed by atoms with Crippen molar-refractivity contribution in [1.29, 1.82) is 0 Å². The third-order valence-electron chi connectivity index (χ3n) is 3.39. The van der Waals surface area contributed by atoms with Gasteiger partial charge >= 0.3 is 6.03 Å². The molecule has 0 spiro atoms. The fourth-order valence-electron chi connectivity index (χ4n) is 2.03.